The summed E-state index contributed by atoms with van der Waals surface area (Å²) in [6.45, 7) is 3.11. The molecule has 4 heteroatoms. The fraction of sp³-hybridized carbons (Fsp3) is 0.731. The summed E-state index contributed by atoms with van der Waals surface area (Å²) in [5.74, 6) is 3.14. The fourth-order valence-electron chi connectivity index (χ4n) is 7.83. The van der Waals surface area contributed by atoms with Gasteiger partial charge in [0.1, 0.15) is 0 Å². The van der Waals surface area contributed by atoms with Gasteiger partial charge in [0.25, 0.3) is 0 Å². The lowest BCUT2D eigenvalue weighted by molar-refractivity contribution is -0.0480. The van der Waals surface area contributed by atoms with Crippen LogP contribution in [0.1, 0.15) is 83.6 Å². The molecule has 2 saturated carbocycles. The van der Waals surface area contributed by atoms with E-state index in [2.05, 4.69) is 46.0 Å². The number of rotatable bonds is 4. The minimum atomic E-state index is 0.584. The molecule has 3 heterocycles. The first-order valence-corrected chi connectivity index (χ1v) is 12.8. The van der Waals surface area contributed by atoms with Crippen molar-refractivity contribution in [1.29, 1.82) is 0 Å². The van der Waals surface area contributed by atoms with Crippen LogP contribution >= 0.6 is 0 Å². The Morgan fingerprint density at radius 2 is 1.53 bits per heavy atom. The summed E-state index contributed by atoms with van der Waals surface area (Å²) in [5.41, 5.74) is 2.46. The van der Waals surface area contributed by atoms with E-state index in [1.165, 1.54) is 76.1 Å². The van der Waals surface area contributed by atoms with E-state index in [0.29, 0.717) is 6.04 Å². The predicted molar refractivity (Wildman–Crippen MR) is 124 cm³/mol. The van der Waals surface area contributed by atoms with Crippen LogP contribution in [-0.4, -0.2) is 39.1 Å². The van der Waals surface area contributed by atoms with E-state index in [9.17, 15) is 0 Å². The lowest BCUT2D eigenvalue weighted by atomic mass is 9.68. The number of anilines is 1. The van der Waals surface area contributed by atoms with Crippen molar-refractivity contribution in [3.8, 4) is 0 Å². The molecule has 4 fully saturated rings. The highest BCUT2D eigenvalue weighted by atomic mass is 15.3. The summed E-state index contributed by atoms with van der Waals surface area (Å²) < 4.78 is 2.57. The highest BCUT2D eigenvalue weighted by molar-refractivity contribution is 5.78. The molecule has 30 heavy (non-hydrogen) atoms. The van der Waals surface area contributed by atoms with Crippen LogP contribution in [0.2, 0.25) is 0 Å². The van der Waals surface area contributed by atoms with Crippen LogP contribution in [0, 0.1) is 11.8 Å². The van der Waals surface area contributed by atoms with Gasteiger partial charge in [-0.25, -0.2) is 4.98 Å². The smallest absolute Gasteiger partial charge is 0.204 e. The second-order valence-corrected chi connectivity index (χ2v) is 10.7. The second-order valence-electron chi connectivity index (χ2n) is 10.7. The third-order valence-corrected chi connectivity index (χ3v) is 8.83. The lowest BCUT2D eigenvalue weighted by Gasteiger charge is -2.55. The number of imidazole rings is 1. The summed E-state index contributed by atoms with van der Waals surface area (Å²) in [6.07, 6.45) is 15.9. The second kappa shape index (κ2) is 7.85. The van der Waals surface area contributed by atoms with Gasteiger partial charge in [0, 0.05) is 30.7 Å². The third kappa shape index (κ3) is 3.26. The van der Waals surface area contributed by atoms with Crippen molar-refractivity contribution in [1.82, 2.24) is 14.5 Å². The Balaban J connectivity index is 1.29. The van der Waals surface area contributed by atoms with E-state index in [1.807, 2.05) is 0 Å². The summed E-state index contributed by atoms with van der Waals surface area (Å²) in [6, 6.07) is 11.7. The largest absolute Gasteiger partial charge is 0.356 e. The Hall–Kier alpha value is -1.55. The van der Waals surface area contributed by atoms with Crippen molar-refractivity contribution < 1.29 is 0 Å². The topological polar surface area (TPSA) is 33.1 Å². The zero-order valence-electron chi connectivity index (χ0n) is 18.6. The van der Waals surface area contributed by atoms with Crippen LogP contribution in [0.4, 0.5) is 5.95 Å². The van der Waals surface area contributed by atoms with E-state index >= 15 is 0 Å². The molecular weight excluding hydrogens is 368 g/mol. The summed E-state index contributed by atoms with van der Waals surface area (Å²) in [5, 5.41) is 3.57. The standard InChI is InChI=1S/C26H38N4/c1-2-27-26-28-24-11-3-4-12-25(24)30(26)23-16-20-9-6-10-21(17-23)29(20)22-14-18-7-5-8-19(13-18)15-22/h3-4,11-12,18-23H,2,5-10,13-17H2,1H3,(H,27,28)/t18-,19+,20-,21+,22?,23?. The Bertz CT molecular complexity index is 862. The van der Waals surface area contributed by atoms with Crippen LogP contribution < -0.4 is 5.32 Å². The maximum Gasteiger partial charge on any atom is 0.204 e. The first kappa shape index (κ1) is 19.2. The molecule has 1 aromatic carbocycles. The minimum Gasteiger partial charge on any atom is -0.356 e. The molecule has 1 N–H and O–H groups in total. The Labute approximate surface area is 181 Å². The van der Waals surface area contributed by atoms with E-state index in [0.717, 1.165) is 48.0 Å². The van der Waals surface area contributed by atoms with Gasteiger partial charge in [-0.2, -0.15) is 0 Å². The normalized spacial score (nSPS) is 36.7. The number of piperidine rings is 2. The Morgan fingerprint density at radius 3 is 2.27 bits per heavy atom. The van der Waals surface area contributed by atoms with Gasteiger partial charge in [-0.15, -0.1) is 0 Å². The summed E-state index contributed by atoms with van der Waals surface area (Å²) in [4.78, 5) is 8.02. The number of nitrogens with zero attached hydrogens (tertiary/aromatic N) is 3. The zero-order chi connectivity index (χ0) is 20.1. The molecule has 0 spiro atoms. The maximum atomic E-state index is 4.96. The predicted octanol–water partition coefficient (Wildman–Crippen LogP) is 5.99. The van der Waals surface area contributed by atoms with Gasteiger partial charge in [-0.1, -0.05) is 37.8 Å². The maximum absolute atomic E-state index is 4.96. The molecule has 2 unspecified atom stereocenters. The van der Waals surface area contributed by atoms with Gasteiger partial charge in [-0.3, -0.25) is 4.90 Å². The van der Waals surface area contributed by atoms with Crippen LogP contribution in [0.3, 0.4) is 0 Å². The van der Waals surface area contributed by atoms with Crippen LogP contribution in [0.5, 0.6) is 0 Å². The number of nitrogens with one attached hydrogen (secondary N) is 1. The molecule has 2 saturated heterocycles. The molecule has 6 rings (SSSR count). The van der Waals surface area contributed by atoms with Gasteiger partial charge in [-0.05, 0) is 75.8 Å². The fourth-order valence-corrected chi connectivity index (χ4v) is 7.83. The number of para-hydroxylation sites is 2. The van der Waals surface area contributed by atoms with Gasteiger partial charge < -0.3 is 9.88 Å². The van der Waals surface area contributed by atoms with Gasteiger partial charge in [0.2, 0.25) is 5.95 Å². The molecule has 4 aliphatic rings. The van der Waals surface area contributed by atoms with E-state index < -0.39 is 0 Å². The Kier molecular flexibility index (Phi) is 5.02. The number of benzene rings is 1. The zero-order valence-corrected chi connectivity index (χ0v) is 18.6. The van der Waals surface area contributed by atoms with Gasteiger partial charge in [0.05, 0.1) is 11.0 Å². The molecule has 4 nitrogen and oxygen atoms in total. The molecule has 1 aromatic heterocycles. The molecule has 0 amide bonds. The van der Waals surface area contributed by atoms with Crippen molar-refractivity contribution in [3.05, 3.63) is 24.3 Å². The molecule has 0 radical (unpaired) electrons. The monoisotopic (exact) mass is 406 g/mol. The van der Waals surface area contributed by atoms with Crippen molar-refractivity contribution in [3.63, 3.8) is 0 Å². The number of fused-ring (bicyclic) bond motifs is 5. The minimum absolute atomic E-state index is 0.584. The highest BCUT2D eigenvalue weighted by Gasteiger charge is 2.45. The first-order valence-electron chi connectivity index (χ1n) is 12.8. The average molecular weight is 407 g/mol. The molecule has 2 aliphatic heterocycles. The van der Waals surface area contributed by atoms with E-state index in [1.54, 1.807) is 0 Å². The van der Waals surface area contributed by atoms with Crippen LogP contribution in [-0.2, 0) is 0 Å². The van der Waals surface area contributed by atoms with Crippen LogP contribution in [0.25, 0.3) is 11.0 Å². The lowest BCUT2D eigenvalue weighted by Crippen LogP contribution is -2.58. The summed E-state index contributed by atoms with van der Waals surface area (Å²) in [7, 11) is 0. The summed E-state index contributed by atoms with van der Waals surface area (Å²) >= 11 is 0. The number of hydrogen-bond acceptors (Lipinski definition) is 3. The van der Waals surface area contributed by atoms with Gasteiger partial charge in [0.15, 0.2) is 0 Å². The highest BCUT2D eigenvalue weighted by Crippen LogP contribution is 2.48. The van der Waals surface area contributed by atoms with E-state index in [4.69, 9.17) is 4.98 Å². The van der Waals surface area contributed by atoms with Crippen molar-refractivity contribution in [2.75, 3.05) is 11.9 Å². The average Bonchev–Trinajstić information content (AvgIpc) is 3.11. The van der Waals surface area contributed by atoms with Crippen molar-refractivity contribution in [2.24, 2.45) is 11.8 Å². The third-order valence-electron chi connectivity index (χ3n) is 8.83. The molecule has 4 bridgehead atoms. The molecule has 2 aliphatic carbocycles. The quantitative estimate of drug-likeness (QED) is 0.676. The number of hydrogen-bond donors (Lipinski definition) is 1. The Morgan fingerprint density at radius 1 is 0.833 bits per heavy atom. The van der Waals surface area contributed by atoms with Crippen molar-refractivity contribution in [2.45, 2.75) is 102 Å². The van der Waals surface area contributed by atoms with Crippen LogP contribution in [0.15, 0.2) is 24.3 Å². The molecule has 162 valence electrons. The SMILES string of the molecule is CCNc1nc2ccccc2n1C1C[C@H]2CCC[C@@H](C1)N2C1C[C@H]2CCC[C@@H](C1)C2. The van der Waals surface area contributed by atoms with Crippen molar-refractivity contribution >= 4 is 17.0 Å². The molecule has 6 atom stereocenters. The number of aromatic nitrogens is 2. The molecular formula is C26H38N4. The van der Waals surface area contributed by atoms with E-state index in [-0.39, 0.29) is 0 Å². The molecule has 2 aromatic rings. The first-order chi connectivity index (χ1) is 14.8. The van der Waals surface area contributed by atoms with Gasteiger partial charge >= 0.3 is 0 Å².